The molecule has 0 radical (unpaired) electrons. The molecule has 118 valence electrons. The first-order valence-electron chi connectivity index (χ1n) is 7.31. The summed E-state index contributed by atoms with van der Waals surface area (Å²) in [5.41, 5.74) is 0. The topological polar surface area (TPSA) is 77.1 Å². The number of piperidine rings is 1. The standard InChI is InChI=1S/C14H19N5O2S/c1-10-16-13(17-21-10)11-4-3-6-19(8-11)12(20)9-22-14-15-5-7-18(14)2/h5,7,11H,3-4,6,8-9H2,1-2H3/t11-/m1/s1. The first-order chi connectivity index (χ1) is 10.6. The number of hydrogen-bond acceptors (Lipinski definition) is 6. The van der Waals surface area contributed by atoms with Crippen LogP contribution in [-0.4, -0.2) is 49.3 Å². The van der Waals surface area contributed by atoms with Crippen LogP contribution in [0.5, 0.6) is 0 Å². The number of rotatable bonds is 4. The van der Waals surface area contributed by atoms with Gasteiger partial charge in [-0.3, -0.25) is 4.79 Å². The Hall–Kier alpha value is -1.83. The van der Waals surface area contributed by atoms with Crippen molar-refractivity contribution in [1.29, 1.82) is 0 Å². The Morgan fingerprint density at radius 1 is 1.55 bits per heavy atom. The van der Waals surface area contributed by atoms with E-state index in [0.717, 1.165) is 24.5 Å². The van der Waals surface area contributed by atoms with E-state index in [-0.39, 0.29) is 11.8 Å². The Morgan fingerprint density at radius 2 is 2.41 bits per heavy atom. The summed E-state index contributed by atoms with van der Waals surface area (Å²) in [4.78, 5) is 22.8. The number of aromatic nitrogens is 4. The van der Waals surface area contributed by atoms with E-state index in [4.69, 9.17) is 4.52 Å². The molecule has 7 nitrogen and oxygen atoms in total. The van der Waals surface area contributed by atoms with Gasteiger partial charge in [0.15, 0.2) is 11.0 Å². The maximum atomic E-state index is 12.4. The highest BCUT2D eigenvalue weighted by Crippen LogP contribution is 2.25. The van der Waals surface area contributed by atoms with Crippen LogP contribution < -0.4 is 0 Å². The first-order valence-corrected chi connectivity index (χ1v) is 8.30. The third-order valence-electron chi connectivity index (χ3n) is 3.78. The molecule has 0 saturated carbocycles. The van der Waals surface area contributed by atoms with Gasteiger partial charge in [-0.15, -0.1) is 0 Å². The number of carbonyl (C=O) groups is 1. The van der Waals surface area contributed by atoms with Gasteiger partial charge in [0.2, 0.25) is 11.8 Å². The van der Waals surface area contributed by atoms with Crippen LogP contribution in [0.4, 0.5) is 0 Å². The number of thioether (sulfide) groups is 1. The molecule has 2 aromatic heterocycles. The number of hydrogen-bond donors (Lipinski definition) is 0. The van der Waals surface area contributed by atoms with E-state index in [1.54, 1.807) is 13.1 Å². The van der Waals surface area contributed by atoms with Gasteiger partial charge in [0, 0.05) is 45.4 Å². The number of likely N-dealkylation sites (tertiary alicyclic amines) is 1. The zero-order chi connectivity index (χ0) is 15.5. The summed E-state index contributed by atoms with van der Waals surface area (Å²) in [5, 5.41) is 4.85. The normalized spacial score (nSPS) is 18.6. The van der Waals surface area contributed by atoms with Crippen molar-refractivity contribution in [3.05, 3.63) is 24.1 Å². The number of nitrogens with zero attached hydrogens (tertiary/aromatic N) is 5. The molecular formula is C14H19N5O2S. The van der Waals surface area contributed by atoms with Crippen LogP contribution in [0.3, 0.4) is 0 Å². The SMILES string of the molecule is Cc1nc([C@@H]2CCCN(C(=O)CSc3nccn3C)C2)no1. The monoisotopic (exact) mass is 321 g/mol. The zero-order valence-electron chi connectivity index (χ0n) is 12.7. The van der Waals surface area contributed by atoms with Crippen molar-refractivity contribution in [3.8, 4) is 0 Å². The minimum absolute atomic E-state index is 0.137. The van der Waals surface area contributed by atoms with Gasteiger partial charge in [0.25, 0.3) is 0 Å². The predicted octanol–water partition coefficient (Wildman–Crippen LogP) is 1.61. The maximum absolute atomic E-state index is 12.4. The summed E-state index contributed by atoms with van der Waals surface area (Å²) in [6.07, 6.45) is 5.58. The maximum Gasteiger partial charge on any atom is 0.233 e. The van der Waals surface area contributed by atoms with Crippen LogP contribution >= 0.6 is 11.8 Å². The molecule has 3 heterocycles. The number of carbonyl (C=O) groups excluding carboxylic acids is 1. The number of amides is 1. The zero-order valence-corrected chi connectivity index (χ0v) is 13.5. The second kappa shape index (κ2) is 6.51. The van der Waals surface area contributed by atoms with E-state index >= 15 is 0 Å². The molecule has 8 heteroatoms. The molecule has 22 heavy (non-hydrogen) atoms. The Labute approximate surface area is 133 Å². The van der Waals surface area contributed by atoms with Crippen molar-refractivity contribution in [1.82, 2.24) is 24.6 Å². The highest BCUT2D eigenvalue weighted by molar-refractivity contribution is 7.99. The molecule has 0 spiro atoms. The van der Waals surface area contributed by atoms with Crippen LogP contribution in [0.2, 0.25) is 0 Å². The molecule has 0 aromatic carbocycles. The van der Waals surface area contributed by atoms with Gasteiger partial charge >= 0.3 is 0 Å². The van der Waals surface area contributed by atoms with Gasteiger partial charge in [-0.25, -0.2) is 4.98 Å². The van der Waals surface area contributed by atoms with E-state index < -0.39 is 0 Å². The van der Waals surface area contributed by atoms with Crippen LogP contribution in [-0.2, 0) is 11.8 Å². The van der Waals surface area contributed by atoms with Crippen LogP contribution in [0, 0.1) is 6.92 Å². The van der Waals surface area contributed by atoms with E-state index in [1.165, 1.54) is 11.8 Å². The van der Waals surface area contributed by atoms with Gasteiger partial charge in [0.1, 0.15) is 0 Å². The van der Waals surface area contributed by atoms with Gasteiger partial charge in [-0.2, -0.15) is 4.98 Å². The quantitative estimate of drug-likeness (QED) is 0.796. The molecule has 1 atom stereocenters. The second-order valence-corrected chi connectivity index (χ2v) is 6.40. The lowest BCUT2D eigenvalue weighted by Gasteiger charge is -2.31. The fraction of sp³-hybridized carbons (Fsp3) is 0.571. The largest absolute Gasteiger partial charge is 0.341 e. The molecule has 0 bridgehead atoms. The van der Waals surface area contributed by atoms with E-state index in [0.29, 0.717) is 24.0 Å². The molecule has 0 N–H and O–H groups in total. The minimum Gasteiger partial charge on any atom is -0.341 e. The molecule has 2 aromatic rings. The van der Waals surface area contributed by atoms with Gasteiger partial charge in [0.05, 0.1) is 5.75 Å². The summed E-state index contributed by atoms with van der Waals surface area (Å²) in [6.45, 7) is 3.25. The first kappa shape index (κ1) is 15.1. The molecular weight excluding hydrogens is 302 g/mol. The fourth-order valence-corrected chi connectivity index (χ4v) is 3.44. The third-order valence-corrected chi connectivity index (χ3v) is 4.83. The van der Waals surface area contributed by atoms with Crippen molar-refractivity contribution in [2.75, 3.05) is 18.8 Å². The van der Waals surface area contributed by atoms with Crippen LogP contribution in [0.1, 0.15) is 30.5 Å². The smallest absolute Gasteiger partial charge is 0.233 e. The Kier molecular flexibility index (Phi) is 4.47. The molecule has 1 fully saturated rings. The molecule has 1 aliphatic rings. The molecule has 0 aliphatic carbocycles. The Balaban J connectivity index is 1.57. The van der Waals surface area contributed by atoms with Gasteiger partial charge in [-0.05, 0) is 12.8 Å². The van der Waals surface area contributed by atoms with E-state index in [9.17, 15) is 4.79 Å². The molecule has 1 amide bonds. The number of imidazole rings is 1. The average molecular weight is 321 g/mol. The lowest BCUT2D eigenvalue weighted by atomic mass is 9.97. The molecule has 1 aliphatic heterocycles. The van der Waals surface area contributed by atoms with Gasteiger partial charge in [-0.1, -0.05) is 16.9 Å². The fourth-order valence-electron chi connectivity index (χ4n) is 2.60. The summed E-state index contributed by atoms with van der Waals surface area (Å²) in [7, 11) is 1.93. The third kappa shape index (κ3) is 3.32. The highest BCUT2D eigenvalue weighted by Gasteiger charge is 2.27. The van der Waals surface area contributed by atoms with Crippen LogP contribution in [0.15, 0.2) is 22.1 Å². The second-order valence-electron chi connectivity index (χ2n) is 5.46. The highest BCUT2D eigenvalue weighted by atomic mass is 32.2. The van der Waals surface area contributed by atoms with E-state index in [2.05, 4.69) is 15.1 Å². The summed E-state index contributed by atoms with van der Waals surface area (Å²) >= 11 is 1.47. The van der Waals surface area contributed by atoms with Gasteiger partial charge < -0.3 is 14.0 Å². The van der Waals surface area contributed by atoms with Crippen molar-refractivity contribution in [3.63, 3.8) is 0 Å². The molecule has 3 rings (SSSR count). The lowest BCUT2D eigenvalue weighted by molar-refractivity contribution is -0.129. The Morgan fingerprint density at radius 3 is 3.09 bits per heavy atom. The molecule has 1 saturated heterocycles. The predicted molar refractivity (Wildman–Crippen MR) is 81.5 cm³/mol. The Bertz CT molecular complexity index is 653. The summed E-state index contributed by atoms with van der Waals surface area (Å²) in [5.74, 6) is 2.00. The molecule has 0 unspecified atom stereocenters. The summed E-state index contributed by atoms with van der Waals surface area (Å²) in [6, 6.07) is 0. The van der Waals surface area contributed by atoms with Crippen molar-refractivity contribution in [2.24, 2.45) is 7.05 Å². The number of aryl methyl sites for hydroxylation is 2. The minimum atomic E-state index is 0.137. The van der Waals surface area contributed by atoms with Crippen molar-refractivity contribution in [2.45, 2.75) is 30.8 Å². The van der Waals surface area contributed by atoms with Crippen LogP contribution in [0.25, 0.3) is 0 Å². The lowest BCUT2D eigenvalue weighted by Crippen LogP contribution is -2.40. The average Bonchev–Trinajstić information content (AvgIpc) is 3.13. The van der Waals surface area contributed by atoms with Crippen molar-refractivity contribution < 1.29 is 9.32 Å². The van der Waals surface area contributed by atoms with E-state index in [1.807, 2.05) is 22.7 Å². The van der Waals surface area contributed by atoms with Crippen molar-refractivity contribution >= 4 is 17.7 Å². The summed E-state index contributed by atoms with van der Waals surface area (Å²) < 4.78 is 6.96.